The fourth-order valence-electron chi connectivity index (χ4n) is 0.268. The van der Waals surface area contributed by atoms with E-state index in [0.717, 1.165) is 0 Å². The Morgan fingerprint density at radius 1 is 1.09 bits per heavy atom. The maximum Gasteiger partial charge on any atom is 0.392 e. The van der Waals surface area contributed by atoms with Crippen molar-refractivity contribution in [1.82, 2.24) is 0 Å². The first-order valence-corrected chi connectivity index (χ1v) is 5.67. The lowest BCUT2D eigenvalue weighted by Gasteiger charge is -2.03. The van der Waals surface area contributed by atoms with E-state index in [1.807, 2.05) is 0 Å². The number of carbonyl (C=O) groups excluding carboxylic acids is 1. The lowest BCUT2D eigenvalue weighted by atomic mass is 10.9. The summed E-state index contributed by atoms with van der Waals surface area (Å²) in [4.78, 5) is 42.6. The second-order valence-corrected chi connectivity index (χ2v) is 4.99. The fraction of sp³-hybridized carbons (Fsp3) is 0.500. The third-order valence-electron chi connectivity index (χ3n) is 0.666. The quantitative estimate of drug-likeness (QED) is 0.427. The van der Waals surface area contributed by atoms with Crippen molar-refractivity contribution >= 4 is 20.7 Å². The third-order valence-corrected chi connectivity index (χ3v) is 2.42. The summed E-state index contributed by atoms with van der Waals surface area (Å²) in [7, 11) is -9.64. The van der Waals surface area contributed by atoms with Crippen molar-refractivity contribution in [2.45, 2.75) is 0 Å². The van der Waals surface area contributed by atoms with Gasteiger partial charge in [0.2, 0.25) is 0 Å². The lowest BCUT2D eigenvalue weighted by molar-refractivity contribution is -0.111. The highest BCUT2D eigenvalue weighted by Crippen LogP contribution is 2.43. The molecule has 9 heteroatoms. The van der Waals surface area contributed by atoms with Crippen LogP contribution in [0.5, 0.6) is 0 Å². The highest BCUT2D eigenvalue weighted by Gasteiger charge is 2.32. The van der Waals surface area contributed by atoms with Crippen LogP contribution in [-0.4, -0.2) is 31.3 Å². The summed E-state index contributed by atoms with van der Waals surface area (Å²) in [5.41, 5.74) is -1.74. The Balaban J connectivity index is 4.35. The van der Waals surface area contributed by atoms with Crippen LogP contribution in [-0.2, 0) is 13.9 Å². The number of rotatable bonds is 3. The van der Waals surface area contributed by atoms with E-state index in [0.29, 0.717) is 0 Å². The van der Waals surface area contributed by atoms with Crippen LogP contribution < -0.4 is 0 Å². The zero-order valence-electron chi connectivity index (χ0n) is 5.12. The van der Waals surface area contributed by atoms with Crippen molar-refractivity contribution in [1.29, 1.82) is 0 Å². The van der Waals surface area contributed by atoms with Crippen LogP contribution in [0.15, 0.2) is 0 Å². The van der Waals surface area contributed by atoms with Gasteiger partial charge in [-0.2, -0.15) is 0 Å². The van der Waals surface area contributed by atoms with Gasteiger partial charge in [-0.15, -0.1) is 0 Å². The standard InChI is InChI=1S/C2H6O7P2/c3-2(11(7,8)9)1-10(4,5)6/h1H2,(H2,4,5,6)(H2,7,8,9). The van der Waals surface area contributed by atoms with E-state index in [1.165, 1.54) is 0 Å². The molecule has 0 heterocycles. The van der Waals surface area contributed by atoms with Gasteiger partial charge in [0, 0.05) is 0 Å². The zero-order valence-corrected chi connectivity index (χ0v) is 6.90. The molecule has 0 aromatic carbocycles. The van der Waals surface area contributed by atoms with Crippen molar-refractivity contribution < 1.29 is 33.5 Å². The molecule has 11 heavy (non-hydrogen) atoms. The molecule has 0 unspecified atom stereocenters. The largest absolute Gasteiger partial charge is 0.392 e. The molecule has 0 rings (SSSR count). The number of hydrogen-bond acceptors (Lipinski definition) is 3. The number of carbonyl (C=O) groups is 1. The van der Waals surface area contributed by atoms with Gasteiger partial charge < -0.3 is 19.6 Å². The van der Waals surface area contributed by atoms with Crippen LogP contribution in [0.25, 0.3) is 0 Å². The van der Waals surface area contributed by atoms with E-state index >= 15 is 0 Å². The maximum absolute atomic E-state index is 10.2. The Morgan fingerprint density at radius 2 is 1.45 bits per heavy atom. The first-order chi connectivity index (χ1) is 4.63. The molecule has 4 N–H and O–H groups in total. The Hall–Kier alpha value is -0.0300. The predicted molar refractivity (Wildman–Crippen MR) is 34.0 cm³/mol. The third kappa shape index (κ3) is 5.26. The summed E-state index contributed by atoms with van der Waals surface area (Å²) in [5, 5.41) is 0. The summed E-state index contributed by atoms with van der Waals surface area (Å²) in [6.45, 7) is 0. The summed E-state index contributed by atoms with van der Waals surface area (Å²) < 4.78 is 20.0. The van der Waals surface area contributed by atoms with Crippen molar-refractivity contribution in [2.75, 3.05) is 6.16 Å². The monoisotopic (exact) mass is 204 g/mol. The summed E-state index contributed by atoms with van der Waals surface area (Å²) in [6.07, 6.45) is -1.42. The first kappa shape index (κ1) is 11.0. The molecule has 0 atom stereocenters. The summed E-state index contributed by atoms with van der Waals surface area (Å²) in [5.74, 6) is 0. The molecule has 0 aliphatic heterocycles. The van der Waals surface area contributed by atoms with E-state index in [4.69, 9.17) is 19.6 Å². The van der Waals surface area contributed by atoms with Crippen LogP contribution >= 0.6 is 15.2 Å². The first-order valence-electron chi connectivity index (χ1n) is 2.26. The minimum Gasteiger partial charge on any atom is -0.324 e. The van der Waals surface area contributed by atoms with E-state index in [2.05, 4.69) is 0 Å². The van der Waals surface area contributed by atoms with E-state index in [1.54, 1.807) is 0 Å². The van der Waals surface area contributed by atoms with Gasteiger partial charge in [0.1, 0.15) is 6.16 Å². The van der Waals surface area contributed by atoms with Gasteiger partial charge in [-0.25, -0.2) is 0 Å². The van der Waals surface area contributed by atoms with Crippen LogP contribution in [0.1, 0.15) is 0 Å². The fourth-order valence-corrected chi connectivity index (χ4v) is 1.91. The summed E-state index contributed by atoms with van der Waals surface area (Å²) in [6, 6.07) is 0. The Morgan fingerprint density at radius 3 is 1.55 bits per heavy atom. The predicted octanol–water partition coefficient (Wildman–Crippen LogP) is -1.13. The average molecular weight is 204 g/mol. The van der Waals surface area contributed by atoms with E-state index in [-0.39, 0.29) is 0 Å². The van der Waals surface area contributed by atoms with Gasteiger partial charge in [-0.05, 0) is 0 Å². The van der Waals surface area contributed by atoms with Crippen LogP contribution in [0.4, 0.5) is 0 Å². The smallest absolute Gasteiger partial charge is 0.324 e. The molecule has 0 aliphatic rings. The van der Waals surface area contributed by atoms with E-state index < -0.39 is 26.9 Å². The van der Waals surface area contributed by atoms with Gasteiger partial charge >= 0.3 is 15.2 Å². The normalized spacial score (nSPS) is 13.1. The van der Waals surface area contributed by atoms with E-state index in [9.17, 15) is 13.9 Å². The van der Waals surface area contributed by atoms with Crippen molar-refractivity contribution in [3.8, 4) is 0 Å². The van der Waals surface area contributed by atoms with Gasteiger partial charge in [-0.1, -0.05) is 0 Å². The molecule has 0 amide bonds. The topological polar surface area (TPSA) is 132 Å². The van der Waals surface area contributed by atoms with Gasteiger partial charge in [0.15, 0.2) is 0 Å². The molecular weight excluding hydrogens is 198 g/mol. The minimum atomic E-state index is -4.98. The molecule has 0 aromatic heterocycles. The molecule has 0 saturated carbocycles. The van der Waals surface area contributed by atoms with Gasteiger partial charge in [0.05, 0.1) is 0 Å². The molecular formula is C2H6O7P2. The SMILES string of the molecule is O=C(CP(=O)(O)O)P(=O)(O)O. The molecule has 0 fully saturated rings. The van der Waals surface area contributed by atoms with Crippen molar-refractivity contribution in [3.63, 3.8) is 0 Å². The maximum atomic E-state index is 10.2. The molecule has 0 aromatic rings. The second kappa shape index (κ2) is 3.15. The lowest BCUT2D eigenvalue weighted by Crippen LogP contribution is -2.05. The molecule has 0 radical (unpaired) electrons. The van der Waals surface area contributed by atoms with Crippen LogP contribution in [0.2, 0.25) is 0 Å². The number of hydrogen-bond donors (Lipinski definition) is 4. The minimum absolute atomic E-state index is 1.42. The highest BCUT2D eigenvalue weighted by molar-refractivity contribution is 7.72. The Kier molecular flexibility index (Phi) is 3.14. The molecule has 7 nitrogen and oxygen atoms in total. The molecule has 0 saturated heterocycles. The van der Waals surface area contributed by atoms with Gasteiger partial charge in [-0.3, -0.25) is 13.9 Å². The van der Waals surface area contributed by atoms with Crippen LogP contribution in [0.3, 0.4) is 0 Å². The molecule has 66 valence electrons. The highest BCUT2D eigenvalue weighted by atomic mass is 31.2. The van der Waals surface area contributed by atoms with Crippen molar-refractivity contribution in [2.24, 2.45) is 0 Å². The summed E-state index contributed by atoms with van der Waals surface area (Å²) >= 11 is 0. The zero-order chi connectivity index (χ0) is 9.28. The Bertz CT molecular complexity index is 243. The second-order valence-electron chi connectivity index (χ2n) is 1.76. The molecule has 0 bridgehead atoms. The van der Waals surface area contributed by atoms with Crippen molar-refractivity contribution in [3.05, 3.63) is 0 Å². The Labute approximate surface area is 61.4 Å². The van der Waals surface area contributed by atoms with Crippen LogP contribution in [0, 0.1) is 0 Å². The molecule has 0 spiro atoms. The van der Waals surface area contributed by atoms with Gasteiger partial charge in [0.25, 0.3) is 5.52 Å². The average Bonchev–Trinajstić information content (AvgIpc) is 1.56. The molecule has 0 aliphatic carbocycles.